The lowest BCUT2D eigenvalue weighted by molar-refractivity contribution is 0.316. The standard InChI is InChI=1S/C9H13BO2/c1-3-5-6-8-7-12-10(11)9(8)4-2/h3-6,11H,7H2,1-2H3/b5-3-,8-6-,9-4+. The summed E-state index contributed by atoms with van der Waals surface area (Å²) in [6.07, 6.45) is 7.74. The van der Waals surface area contributed by atoms with Gasteiger partial charge in [0.1, 0.15) is 0 Å². The second kappa shape index (κ2) is 4.29. The molecule has 1 saturated heterocycles. The van der Waals surface area contributed by atoms with Gasteiger partial charge in [-0.1, -0.05) is 24.3 Å². The van der Waals surface area contributed by atoms with Crippen LogP contribution in [0.5, 0.6) is 0 Å². The van der Waals surface area contributed by atoms with Crippen molar-refractivity contribution < 1.29 is 9.68 Å². The molecule has 0 radical (unpaired) electrons. The number of hydrogen-bond acceptors (Lipinski definition) is 2. The average molecular weight is 164 g/mol. The Balaban J connectivity index is 2.80. The Morgan fingerprint density at radius 3 is 2.83 bits per heavy atom. The maximum Gasteiger partial charge on any atom is 0.491 e. The van der Waals surface area contributed by atoms with Crippen LogP contribution in [0.2, 0.25) is 0 Å². The molecule has 1 N–H and O–H groups in total. The molecule has 0 saturated carbocycles. The number of allylic oxidation sites excluding steroid dienone is 4. The Kier molecular flexibility index (Phi) is 3.32. The first-order chi connectivity index (χ1) is 5.79. The Bertz CT molecular complexity index is 241. The second-order valence-corrected chi connectivity index (χ2v) is 2.63. The summed E-state index contributed by atoms with van der Waals surface area (Å²) < 4.78 is 5.05. The van der Waals surface area contributed by atoms with Gasteiger partial charge in [-0.05, 0) is 24.9 Å². The van der Waals surface area contributed by atoms with Crippen LogP contribution in [0.4, 0.5) is 0 Å². The van der Waals surface area contributed by atoms with Crippen molar-refractivity contribution in [2.75, 3.05) is 6.61 Å². The lowest BCUT2D eigenvalue weighted by Crippen LogP contribution is -2.12. The van der Waals surface area contributed by atoms with Crippen LogP contribution in [0.25, 0.3) is 0 Å². The van der Waals surface area contributed by atoms with Crippen LogP contribution in [-0.4, -0.2) is 18.7 Å². The quantitative estimate of drug-likeness (QED) is 0.594. The molecule has 0 aromatic heterocycles. The molecular weight excluding hydrogens is 151 g/mol. The zero-order valence-electron chi connectivity index (χ0n) is 7.45. The highest BCUT2D eigenvalue weighted by molar-refractivity contribution is 6.55. The lowest BCUT2D eigenvalue weighted by atomic mass is 9.77. The molecule has 0 aromatic rings. The largest absolute Gasteiger partial charge is 0.491 e. The van der Waals surface area contributed by atoms with Crippen LogP contribution in [0.15, 0.2) is 35.3 Å². The van der Waals surface area contributed by atoms with E-state index in [4.69, 9.17) is 4.65 Å². The van der Waals surface area contributed by atoms with Crippen LogP contribution in [0.3, 0.4) is 0 Å². The highest BCUT2D eigenvalue weighted by Crippen LogP contribution is 2.20. The van der Waals surface area contributed by atoms with Gasteiger partial charge in [0.2, 0.25) is 0 Å². The third-order valence-corrected chi connectivity index (χ3v) is 1.83. The van der Waals surface area contributed by atoms with E-state index < -0.39 is 7.12 Å². The first-order valence-corrected chi connectivity index (χ1v) is 4.07. The fraction of sp³-hybridized carbons (Fsp3) is 0.333. The van der Waals surface area contributed by atoms with E-state index in [1.165, 1.54) is 0 Å². The van der Waals surface area contributed by atoms with Crippen LogP contribution in [0.1, 0.15) is 13.8 Å². The minimum atomic E-state index is -0.730. The first-order valence-electron chi connectivity index (χ1n) is 4.07. The summed E-state index contributed by atoms with van der Waals surface area (Å²) in [4.78, 5) is 0. The molecule has 1 heterocycles. The van der Waals surface area contributed by atoms with Gasteiger partial charge < -0.3 is 9.68 Å². The SMILES string of the molecule is C\C=C/C=C1/COB(O)/C1=C/C. The summed E-state index contributed by atoms with van der Waals surface area (Å²) in [6.45, 7) is 4.36. The van der Waals surface area contributed by atoms with Crippen LogP contribution < -0.4 is 0 Å². The Labute approximate surface area is 73.4 Å². The molecule has 12 heavy (non-hydrogen) atoms. The summed E-state index contributed by atoms with van der Waals surface area (Å²) in [5, 5.41) is 9.30. The minimum absolute atomic E-state index is 0.505. The topological polar surface area (TPSA) is 29.5 Å². The van der Waals surface area contributed by atoms with Crippen LogP contribution in [-0.2, 0) is 4.65 Å². The van der Waals surface area contributed by atoms with E-state index in [1.807, 2.05) is 38.2 Å². The molecule has 0 unspecified atom stereocenters. The zero-order valence-corrected chi connectivity index (χ0v) is 7.45. The predicted octanol–water partition coefficient (Wildman–Crippen LogP) is 1.49. The van der Waals surface area contributed by atoms with Crippen molar-refractivity contribution in [2.45, 2.75) is 13.8 Å². The summed E-state index contributed by atoms with van der Waals surface area (Å²) in [5.74, 6) is 0. The van der Waals surface area contributed by atoms with Crippen molar-refractivity contribution in [2.24, 2.45) is 0 Å². The van der Waals surface area contributed by atoms with Crippen molar-refractivity contribution in [3.8, 4) is 0 Å². The molecule has 1 aliphatic heterocycles. The van der Waals surface area contributed by atoms with Crippen molar-refractivity contribution in [3.63, 3.8) is 0 Å². The van der Waals surface area contributed by atoms with Gasteiger partial charge in [-0.25, -0.2) is 0 Å². The van der Waals surface area contributed by atoms with Gasteiger partial charge in [0.25, 0.3) is 0 Å². The normalized spacial score (nSPS) is 25.1. The Hall–Kier alpha value is -0.795. The second-order valence-electron chi connectivity index (χ2n) is 2.63. The fourth-order valence-corrected chi connectivity index (χ4v) is 1.19. The van der Waals surface area contributed by atoms with Gasteiger partial charge in [-0.3, -0.25) is 0 Å². The molecule has 0 amide bonds. The third-order valence-electron chi connectivity index (χ3n) is 1.83. The molecule has 0 aromatic carbocycles. The van der Waals surface area contributed by atoms with Gasteiger partial charge in [0.05, 0.1) is 6.61 Å². The maximum atomic E-state index is 9.30. The highest BCUT2D eigenvalue weighted by atomic mass is 16.5. The molecule has 0 aliphatic carbocycles. The Morgan fingerprint density at radius 2 is 2.25 bits per heavy atom. The maximum absolute atomic E-state index is 9.30. The predicted molar refractivity (Wildman–Crippen MR) is 50.6 cm³/mol. The monoisotopic (exact) mass is 164 g/mol. The van der Waals surface area contributed by atoms with E-state index in [0.29, 0.717) is 6.61 Å². The third kappa shape index (κ3) is 1.87. The number of hydrogen-bond donors (Lipinski definition) is 1. The lowest BCUT2D eigenvalue weighted by Gasteiger charge is -1.95. The van der Waals surface area contributed by atoms with Gasteiger partial charge in [0, 0.05) is 0 Å². The van der Waals surface area contributed by atoms with Crippen molar-refractivity contribution in [3.05, 3.63) is 35.3 Å². The van der Waals surface area contributed by atoms with Gasteiger partial charge >= 0.3 is 7.12 Å². The molecular formula is C9H13BO2. The molecule has 0 spiro atoms. The summed E-state index contributed by atoms with van der Waals surface area (Å²) in [7, 11) is -0.730. The molecule has 0 bridgehead atoms. The Morgan fingerprint density at radius 1 is 1.50 bits per heavy atom. The van der Waals surface area contributed by atoms with Crippen molar-refractivity contribution in [1.29, 1.82) is 0 Å². The minimum Gasteiger partial charge on any atom is -0.423 e. The fourth-order valence-electron chi connectivity index (χ4n) is 1.19. The van der Waals surface area contributed by atoms with Crippen molar-refractivity contribution >= 4 is 7.12 Å². The van der Waals surface area contributed by atoms with Crippen LogP contribution >= 0.6 is 0 Å². The molecule has 1 aliphatic rings. The first kappa shape index (κ1) is 9.29. The highest BCUT2D eigenvalue weighted by Gasteiger charge is 2.28. The zero-order chi connectivity index (χ0) is 8.97. The summed E-state index contributed by atoms with van der Waals surface area (Å²) in [6, 6.07) is 0. The van der Waals surface area contributed by atoms with E-state index >= 15 is 0 Å². The van der Waals surface area contributed by atoms with Gasteiger partial charge in [-0.2, -0.15) is 0 Å². The molecule has 2 nitrogen and oxygen atoms in total. The van der Waals surface area contributed by atoms with Gasteiger partial charge in [0.15, 0.2) is 0 Å². The molecule has 0 atom stereocenters. The van der Waals surface area contributed by atoms with E-state index in [-0.39, 0.29) is 0 Å². The van der Waals surface area contributed by atoms with Crippen molar-refractivity contribution in [1.82, 2.24) is 0 Å². The smallest absolute Gasteiger partial charge is 0.423 e. The molecule has 64 valence electrons. The molecule has 1 fully saturated rings. The summed E-state index contributed by atoms with van der Waals surface area (Å²) in [5.41, 5.74) is 1.94. The van der Waals surface area contributed by atoms with E-state index in [9.17, 15) is 5.02 Å². The van der Waals surface area contributed by atoms with E-state index in [2.05, 4.69) is 0 Å². The van der Waals surface area contributed by atoms with E-state index in [0.717, 1.165) is 11.0 Å². The average Bonchev–Trinajstić information content (AvgIpc) is 2.43. The van der Waals surface area contributed by atoms with Gasteiger partial charge in [-0.15, -0.1) is 0 Å². The van der Waals surface area contributed by atoms with E-state index in [1.54, 1.807) is 0 Å². The summed E-state index contributed by atoms with van der Waals surface area (Å²) >= 11 is 0. The number of rotatable bonds is 1. The van der Waals surface area contributed by atoms with Crippen LogP contribution in [0, 0.1) is 0 Å². The molecule has 1 rings (SSSR count). The molecule has 3 heteroatoms.